The van der Waals surface area contributed by atoms with Crippen LogP contribution >= 0.6 is 0 Å². The van der Waals surface area contributed by atoms with Gasteiger partial charge in [-0.25, -0.2) is 0 Å². The van der Waals surface area contributed by atoms with Crippen molar-refractivity contribution in [2.24, 2.45) is 0 Å². The highest BCUT2D eigenvalue weighted by Gasteiger charge is 2.26. The van der Waals surface area contributed by atoms with Crippen LogP contribution in [0.4, 0.5) is 0 Å². The molecule has 2 atom stereocenters. The molecule has 0 amide bonds. The molecule has 90 valence electrons. The van der Waals surface area contributed by atoms with Crippen LogP contribution in [0.15, 0.2) is 0 Å². The number of nitrogens with one attached hydrogen (secondary N) is 1. The van der Waals surface area contributed by atoms with Gasteiger partial charge in [0.05, 0.1) is 6.10 Å². The molecule has 1 aliphatic rings. The Bertz CT molecular complexity index is 160. The van der Waals surface area contributed by atoms with Gasteiger partial charge in [-0.2, -0.15) is 0 Å². The number of ether oxygens (including phenoxy) is 1. The van der Waals surface area contributed by atoms with E-state index in [1.54, 1.807) is 0 Å². The third-order valence-electron chi connectivity index (χ3n) is 3.48. The molecule has 3 heteroatoms. The van der Waals surface area contributed by atoms with Crippen molar-refractivity contribution in [3.8, 4) is 0 Å². The number of likely N-dealkylation sites (N-methyl/N-ethyl adjacent to an activating group) is 1. The minimum atomic E-state index is 0.446. The Kier molecular flexibility index (Phi) is 6.22. The number of hydrogen-bond acceptors (Lipinski definition) is 3. The summed E-state index contributed by atoms with van der Waals surface area (Å²) >= 11 is 0. The first-order valence-electron chi connectivity index (χ1n) is 6.30. The zero-order chi connectivity index (χ0) is 11.1. The standard InChI is InChI=1S/C12H26N2O/c1-4-14(5-2)10-9-13-11-7-6-8-12(11)15-3/h11-13H,4-10H2,1-3H3. The lowest BCUT2D eigenvalue weighted by Gasteiger charge is -2.23. The minimum Gasteiger partial charge on any atom is -0.380 e. The molecule has 0 aromatic heterocycles. The fourth-order valence-electron chi connectivity index (χ4n) is 2.39. The summed E-state index contributed by atoms with van der Waals surface area (Å²) in [5.41, 5.74) is 0. The first kappa shape index (κ1) is 12.9. The van der Waals surface area contributed by atoms with Gasteiger partial charge >= 0.3 is 0 Å². The van der Waals surface area contributed by atoms with Crippen LogP contribution < -0.4 is 5.32 Å². The summed E-state index contributed by atoms with van der Waals surface area (Å²) in [7, 11) is 1.83. The lowest BCUT2D eigenvalue weighted by atomic mass is 10.2. The van der Waals surface area contributed by atoms with E-state index in [0.29, 0.717) is 12.1 Å². The monoisotopic (exact) mass is 214 g/mol. The zero-order valence-corrected chi connectivity index (χ0v) is 10.5. The molecule has 0 saturated heterocycles. The SMILES string of the molecule is CCN(CC)CCNC1CCCC1OC. The largest absolute Gasteiger partial charge is 0.380 e. The Balaban J connectivity index is 2.13. The van der Waals surface area contributed by atoms with Gasteiger partial charge in [-0.3, -0.25) is 0 Å². The Morgan fingerprint density at radius 2 is 2.00 bits per heavy atom. The van der Waals surface area contributed by atoms with E-state index in [-0.39, 0.29) is 0 Å². The van der Waals surface area contributed by atoms with Crippen molar-refractivity contribution in [2.75, 3.05) is 33.3 Å². The van der Waals surface area contributed by atoms with Crippen LogP contribution in [0.1, 0.15) is 33.1 Å². The molecule has 2 unspecified atom stereocenters. The molecule has 0 radical (unpaired) electrons. The molecule has 0 bridgehead atoms. The summed E-state index contributed by atoms with van der Waals surface area (Å²) in [5.74, 6) is 0. The van der Waals surface area contributed by atoms with Crippen LogP contribution in [0.3, 0.4) is 0 Å². The van der Waals surface area contributed by atoms with E-state index in [2.05, 4.69) is 24.1 Å². The van der Waals surface area contributed by atoms with Gasteiger partial charge < -0.3 is 15.0 Å². The van der Waals surface area contributed by atoms with E-state index < -0.39 is 0 Å². The third-order valence-corrected chi connectivity index (χ3v) is 3.48. The summed E-state index contributed by atoms with van der Waals surface area (Å²) in [6.45, 7) is 8.98. The summed E-state index contributed by atoms with van der Waals surface area (Å²) in [4.78, 5) is 2.45. The molecule has 1 rings (SSSR count). The maximum atomic E-state index is 5.46. The van der Waals surface area contributed by atoms with Crippen molar-refractivity contribution in [2.45, 2.75) is 45.3 Å². The maximum absolute atomic E-state index is 5.46. The predicted molar refractivity (Wildman–Crippen MR) is 64.2 cm³/mol. The number of rotatable bonds is 7. The van der Waals surface area contributed by atoms with Gasteiger partial charge in [0, 0.05) is 26.2 Å². The van der Waals surface area contributed by atoms with E-state index in [9.17, 15) is 0 Å². The Labute approximate surface area is 94.2 Å². The molecule has 1 fully saturated rings. The van der Waals surface area contributed by atoms with Gasteiger partial charge in [-0.15, -0.1) is 0 Å². The normalized spacial score (nSPS) is 26.4. The fraction of sp³-hybridized carbons (Fsp3) is 1.00. The van der Waals surface area contributed by atoms with Crippen molar-refractivity contribution in [3.63, 3.8) is 0 Å². The number of nitrogens with zero attached hydrogens (tertiary/aromatic N) is 1. The van der Waals surface area contributed by atoms with E-state index >= 15 is 0 Å². The second-order valence-electron chi connectivity index (χ2n) is 4.29. The molecule has 1 saturated carbocycles. The average molecular weight is 214 g/mol. The second kappa shape index (κ2) is 7.20. The summed E-state index contributed by atoms with van der Waals surface area (Å²) in [5, 5.41) is 3.62. The number of methoxy groups -OCH3 is 1. The molecule has 1 aliphatic carbocycles. The molecule has 1 N–H and O–H groups in total. The fourth-order valence-corrected chi connectivity index (χ4v) is 2.39. The quantitative estimate of drug-likeness (QED) is 0.695. The van der Waals surface area contributed by atoms with Gasteiger partial charge in [0.15, 0.2) is 0 Å². The predicted octanol–water partition coefficient (Wildman–Crippen LogP) is 1.49. The van der Waals surface area contributed by atoms with Gasteiger partial charge in [0.25, 0.3) is 0 Å². The smallest absolute Gasteiger partial charge is 0.0724 e. The molecule has 0 aliphatic heterocycles. The third kappa shape index (κ3) is 4.09. The number of hydrogen-bond donors (Lipinski definition) is 1. The molecular formula is C12H26N2O. The Morgan fingerprint density at radius 3 is 2.60 bits per heavy atom. The van der Waals surface area contributed by atoms with Crippen molar-refractivity contribution in [3.05, 3.63) is 0 Å². The van der Waals surface area contributed by atoms with Crippen LogP contribution in [0.5, 0.6) is 0 Å². The zero-order valence-electron chi connectivity index (χ0n) is 10.5. The van der Waals surface area contributed by atoms with Crippen LogP contribution in [-0.4, -0.2) is 50.3 Å². The minimum absolute atomic E-state index is 0.446. The van der Waals surface area contributed by atoms with E-state index in [1.807, 2.05) is 7.11 Å². The van der Waals surface area contributed by atoms with Gasteiger partial charge in [-0.1, -0.05) is 13.8 Å². The summed E-state index contributed by atoms with van der Waals surface area (Å²) < 4.78 is 5.46. The molecule has 0 aromatic rings. The Hall–Kier alpha value is -0.120. The van der Waals surface area contributed by atoms with Crippen LogP contribution in [0.2, 0.25) is 0 Å². The lowest BCUT2D eigenvalue weighted by molar-refractivity contribution is 0.0843. The highest BCUT2D eigenvalue weighted by molar-refractivity contribution is 4.83. The lowest BCUT2D eigenvalue weighted by Crippen LogP contribution is -2.41. The van der Waals surface area contributed by atoms with Crippen LogP contribution in [-0.2, 0) is 4.74 Å². The summed E-state index contributed by atoms with van der Waals surface area (Å²) in [6, 6.07) is 0.588. The highest BCUT2D eigenvalue weighted by Crippen LogP contribution is 2.21. The average Bonchev–Trinajstić information content (AvgIpc) is 2.72. The molecule has 15 heavy (non-hydrogen) atoms. The highest BCUT2D eigenvalue weighted by atomic mass is 16.5. The van der Waals surface area contributed by atoms with Gasteiger partial charge in [0.2, 0.25) is 0 Å². The maximum Gasteiger partial charge on any atom is 0.0724 e. The van der Waals surface area contributed by atoms with Crippen molar-refractivity contribution >= 4 is 0 Å². The van der Waals surface area contributed by atoms with E-state index in [0.717, 1.165) is 26.2 Å². The molecule has 0 spiro atoms. The molecular weight excluding hydrogens is 188 g/mol. The van der Waals surface area contributed by atoms with Crippen LogP contribution in [0, 0.1) is 0 Å². The molecule has 3 nitrogen and oxygen atoms in total. The van der Waals surface area contributed by atoms with Gasteiger partial charge in [0.1, 0.15) is 0 Å². The topological polar surface area (TPSA) is 24.5 Å². The van der Waals surface area contributed by atoms with Crippen molar-refractivity contribution in [1.29, 1.82) is 0 Å². The van der Waals surface area contributed by atoms with Crippen molar-refractivity contribution < 1.29 is 4.74 Å². The van der Waals surface area contributed by atoms with Gasteiger partial charge in [-0.05, 0) is 32.4 Å². The van der Waals surface area contributed by atoms with Crippen LogP contribution in [0.25, 0.3) is 0 Å². The molecule has 0 heterocycles. The van der Waals surface area contributed by atoms with Crippen molar-refractivity contribution in [1.82, 2.24) is 10.2 Å². The van der Waals surface area contributed by atoms with E-state index in [1.165, 1.54) is 19.3 Å². The first-order chi connectivity index (χ1) is 7.31. The Morgan fingerprint density at radius 1 is 1.27 bits per heavy atom. The molecule has 0 aromatic carbocycles. The first-order valence-corrected chi connectivity index (χ1v) is 6.30. The second-order valence-corrected chi connectivity index (χ2v) is 4.29. The summed E-state index contributed by atoms with van der Waals surface area (Å²) in [6.07, 6.45) is 4.25. The van der Waals surface area contributed by atoms with E-state index in [4.69, 9.17) is 4.74 Å².